The summed E-state index contributed by atoms with van der Waals surface area (Å²) in [5, 5.41) is 57.3. The molecule has 1 rings (SSSR count). The summed E-state index contributed by atoms with van der Waals surface area (Å²) in [5.74, 6) is 0. The molecule has 1 heterocycles. The minimum Gasteiger partial charge on any atom is -0.394 e. The van der Waals surface area contributed by atoms with Crippen LogP contribution in [-0.2, 0) is 18.9 Å². The van der Waals surface area contributed by atoms with Gasteiger partial charge in [-0.3, -0.25) is 0 Å². The van der Waals surface area contributed by atoms with E-state index in [1.54, 1.807) is 6.92 Å². The van der Waals surface area contributed by atoms with Crippen LogP contribution in [0.2, 0.25) is 0 Å². The predicted octanol–water partition coefficient (Wildman–Crippen LogP) is -3.42. The highest BCUT2D eigenvalue weighted by Gasteiger charge is 2.44. The summed E-state index contributed by atoms with van der Waals surface area (Å²) in [6.07, 6.45) is -8.54. The van der Waals surface area contributed by atoms with Crippen LogP contribution in [0.5, 0.6) is 0 Å². The number of aliphatic hydroxyl groups is 6. The second-order valence-corrected chi connectivity index (χ2v) is 5.57. The van der Waals surface area contributed by atoms with Crippen LogP contribution in [0.25, 0.3) is 0 Å². The van der Waals surface area contributed by atoms with Crippen molar-refractivity contribution in [1.82, 2.24) is 0 Å². The highest BCUT2D eigenvalue weighted by Crippen LogP contribution is 2.25. The summed E-state index contributed by atoms with van der Waals surface area (Å²) in [7, 11) is 1.32. The molecule has 24 heavy (non-hydrogen) atoms. The first-order valence-electron chi connectivity index (χ1n) is 7.72. The molecule has 1 aliphatic rings. The van der Waals surface area contributed by atoms with Gasteiger partial charge in [0.05, 0.1) is 32.5 Å². The van der Waals surface area contributed by atoms with Crippen LogP contribution >= 0.6 is 0 Å². The van der Waals surface area contributed by atoms with Gasteiger partial charge in [0.1, 0.15) is 36.6 Å². The molecule has 0 aromatic heterocycles. The standard InChI is InChI=1S/C14H28O10/c1-7-12(19)13(20)14(10(5-17)22-7)24-11(6-18)23-9(4-16)8(3-15)21-2/h7-20H,3-6H2,1-2H3. The molecule has 10 nitrogen and oxygen atoms in total. The van der Waals surface area contributed by atoms with Gasteiger partial charge in [-0.1, -0.05) is 0 Å². The van der Waals surface area contributed by atoms with E-state index in [9.17, 15) is 30.6 Å². The Balaban J connectivity index is 2.77. The number of hydrogen-bond donors (Lipinski definition) is 6. The maximum atomic E-state index is 10.1. The molecule has 0 amide bonds. The van der Waals surface area contributed by atoms with Crippen molar-refractivity contribution in [2.24, 2.45) is 0 Å². The minimum atomic E-state index is -1.37. The zero-order chi connectivity index (χ0) is 18.3. The van der Waals surface area contributed by atoms with Gasteiger partial charge in [0, 0.05) is 7.11 Å². The zero-order valence-corrected chi connectivity index (χ0v) is 13.8. The number of hydrogen-bond acceptors (Lipinski definition) is 10. The third-order valence-corrected chi connectivity index (χ3v) is 3.97. The van der Waals surface area contributed by atoms with E-state index in [0.29, 0.717) is 0 Å². The summed E-state index contributed by atoms with van der Waals surface area (Å²) < 4.78 is 21.1. The highest BCUT2D eigenvalue weighted by atomic mass is 16.7. The van der Waals surface area contributed by atoms with Crippen LogP contribution in [0.15, 0.2) is 0 Å². The monoisotopic (exact) mass is 356 g/mol. The molecule has 1 aliphatic heterocycles. The first kappa shape index (κ1) is 21.6. The van der Waals surface area contributed by atoms with Gasteiger partial charge in [-0.15, -0.1) is 0 Å². The van der Waals surface area contributed by atoms with Gasteiger partial charge >= 0.3 is 0 Å². The van der Waals surface area contributed by atoms with Gasteiger partial charge in [-0.2, -0.15) is 0 Å². The second kappa shape index (κ2) is 10.6. The van der Waals surface area contributed by atoms with Crippen molar-refractivity contribution in [2.75, 3.05) is 33.5 Å². The lowest BCUT2D eigenvalue weighted by atomic mass is 9.96. The fraction of sp³-hybridized carbons (Fsp3) is 1.00. The fourth-order valence-corrected chi connectivity index (χ4v) is 2.52. The molecule has 0 aromatic rings. The molecule has 0 spiro atoms. The molecule has 0 saturated carbocycles. The van der Waals surface area contributed by atoms with Crippen molar-refractivity contribution in [3.63, 3.8) is 0 Å². The summed E-state index contributed by atoms with van der Waals surface area (Å²) in [5.41, 5.74) is 0. The maximum Gasteiger partial charge on any atom is 0.181 e. The van der Waals surface area contributed by atoms with Gasteiger partial charge in [0.25, 0.3) is 0 Å². The molecule has 1 saturated heterocycles. The van der Waals surface area contributed by atoms with Gasteiger partial charge < -0.3 is 49.6 Å². The first-order chi connectivity index (χ1) is 11.4. The number of methoxy groups -OCH3 is 1. The third-order valence-electron chi connectivity index (χ3n) is 3.97. The Hall–Kier alpha value is -0.400. The largest absolute Gasteiger partial charge is 0.394 e. The Morgan fingerprint density at radius 2 is 1.58 bits per heavy atom. The lowest BCUT2D eigenvalue weighted by Gasteiger charge is -2.42. The van der Waals surface area contributed by atoms with Crippen LogP contribution in [0, 0.1) is 0 Å². The van der Waals surface area contributed by atoms with Crippen molar-refractivity contribution in [2.45, 2.75) is 55.9 Å². The Bertz CT molecular complexity index is 338. The van der Waals surface area contributed by atoms with Crippen molar-refractivity contribution in [3.8, 4) is 0 Å². The van der Waals surface area contributed by atoms with E-state index in [4.69, 9.17) is 18.9 Å². The SMILES string of the molecule is COC(CO)C(CO)OC(CO)OC1C(CO)OC(C)C(O)C1O. The normalized spacial score (nSPS) is 34.8. The van der Waals surface area contributed by atoms with Gasteiger partial charge in [0.2, 0.25) is 0 Å². The Labute approximate surface area is 140 Å². The average molecular weight is 356 g/mol. The number of rotatable bonds is 10. The van der Waals surface area contributed by atoms with Crippen LogP contribution in [0.1, 0.15) is 6.92 Å². The topological polar surface area (TPSA) is 158 Å². The molecule has 10 heteroatoms. The van der Waals surface area contributed by atoms with E-state index in [0.717, 1.165) is 0 Å². The van der Waals surface area contributed by atoms with Crippen LogP contribution in [0.3, 0.4) is 0 Å². The van der Waals surface area contributed by atoms with E-state index < -0.39 is 75.4 Å². The van der Waals surface area contributed by atoms with Gasteiger partial charge in [0.15, 0.2) is 6.29 Å². The molecular formula is C14H28O10. The summed E-state index contributed by atoms with van der Waals surface area (Å²) in [6.45, 7) is -0.502. The predicted molar refractivity (Wildman–Crippen MR) is 79.0 cm³/mol. The Morgan fingerprint density at radius 3 is 2.04 bits per heavy atom. The fourth-order valence-electron chi connectivity index (χ4n) is 2.52. The smallest absolute Gasteiger partial charge is 0.181 e. The summed E-state index contributed by atoms with van der Waals surface area (Å²) in [4.78, 5) is 0. The van der Waals surface area contributed by atoms with Crippen LogP contribution in [0.4, 0.5) is 0 Å². The van der Waals surface area contributed by atoms with Crippen LogP contribution < -0.4 is 0 Å². The molecule has 8 unspecified atom stereocenters. The molecule has 0 aromatic carbocycles. The highest BCUT2D eigenvalue weighted by molar-refractivity contribution is 4.91. The van der Waals surface area contributed by atoms with E-state index >= 15 is 0 Å². The number of ether oxygens (including phenoxy) is 4. The molecule has 1 fully saturated rings. The minimum absolute atomic E-state index is 0.426. The zero-order valence-electron chi connectivity index (χ0n) is 13.8. The molecule has 6 N–H and O–H groups in total. The van der Waals surface area contributed by atoms with Crippen LogP contribution in [-0.4, -0.2) is 113 Å². The van der Waals surface area contributed by atoms with Gasteiger partial charge in [-0.25, -0.2) is 0 Å². The number of aliphatic hydroxyl groups excluding tert-OH is 6. The van der Waals surface area contributed by atoms with E-state index in [2.05, 4.69) is 0 Å². The Morgan fingerprint density at radius 1 is 0.958 bits per heavy atom. The summed E-state index contributed by atoms with van der Waals surface area (Å²) >= 11 is 0. The van der Waals surface area contributed by atoms with Crippen molar-refractivity contribution >= 4 is 0 Å². The van der Waals surface area contributed by atoms with E-state index in [1.807, 2.05) is 0 Å². The van der Waals surface area contributed by atoms with E-state index in [1.165, 1.54) is 7.11 Å². The Kier molecular flexibility index (Phi) is 9.52. The molecule has 0 radical (unpaired) electrons. The van der Waals surface area contributed by atoms with Gasteiger partial charge in [-0.05, 0) is 6.92 Å². The lowest BCUT2D eigenvalue weighted by Crippen LogP contribution is -2.60. The molecular weight excluding hydrogens is 328 g/mol. The maximum absolute atomic E-state index is 10.1. The molecule has 0 aliphatic carbocycles. The van der Waals surface area contributed by atoms with Crippen molar-refractivity contribution < 1.29 is 49.6 Å². The van der Waals surface area contributed by atoms with Crippen molar-refractivity contribution in [1.29, 1.82) is 0 Å². The van der Waals surface area contributed by atoms with Crippen molar-refractivity contribution in [3.05, 3.63) is 0 Å². The second-order valence-electron chi connectivity index (χ2n) is 5.57. The summed E-state index contributed by atoms with van der Waals surface area (Å²) in [6, 6.07) is 0. The lowest BCUT2D eigenvalue weighted by molar-refractivity contribution is -0.298. The average Bonchev–Trinajstić information content (AvgIpc) is 2.60. The molecule has 144 valence electrons. The van der Waals surface area contributed by atoms with E-state index in [-0.39, 0.29) is 0 Å². The third kappa shape index (κ3) is 5.30. The first-order valence-corrected chi connectivity index (χ1v) is 7.72. The molecule has 0 bridgehead atoms. The molecule has 8 atom stereocenters. The quantitative estimate of drug-likeness (QED) is 0.218.